The van der Waals surface area contributed by atoms with E-state index in [-0.39, 0.29) is 5.91 Å². The number of nitrogens with zero attached hydrogens (tertiary/aromatic N) is 4. The second-order valence-electron chi connectivity index (χ2n) is 8.71. The first kappa shape index (κ1) is 22.9. The van der Waals surface area contributed by atoms with Crippen LogP contribution in [0, 0.1) is 0 Å². The van der Waals surface area contributed by atoms with Gasteiger partial charge >= 0.3 is 0 Å². The molecule has 32 heavy (non-hydrogen) atoms. The molecule has 0 atom stereocenters. The van der Waals surface area contributed by atoms with Crippen molar-refractivity contribution in [3.05, 3.63) is 29.8 Å². The maximum atomic E-state index is 12.5. The minimum absolute atomic E-state index is 0.213. The van der Waals surface area contributed by atoms with Crippen molar-refractivity contribution in [1.29, 1.82) is 0 Å². The third-order valence-corrected chi connectivity index (χ3v) is 6.45. The minimum Gasteiger partial charge on any atom is -0.490 e. The number of hydrogen-bond acceptors (Lipinski definition) is 5. The molecule has 0 unspecified atom stereocenters. The second kappa shape index (κ2) is 11.5. The molecular weight excluding hydrogens is 406 g/mol. The molecule has 0 bridgehead atoms. The van der Waals surface area contributed by atoms with Gasteiger partial charge in [0.25, 0.3) is 0 Å². The zero-order valence-electron chi connectivity index (χ0n) is 19.3. The van der Waals surface area contributed by atoms with Gasteiger partial charge in [0.15, 0.2) is 5.96 Å². The van der Waals surface area contributed by atoms with E-state index in [9.17, 15) is 4.79 Å². The van der Waals surface area contributed by atoms with Gasteiger partial charge in [-0.25, -0.2) is 4.99 Å². The van der Waals surface area contributed by atoms with E-state index in [1.807, 2.05) is 11.0 Å². The molecule has 3 aliphatic rings. The maximum absolute atomic E-state index is 12.5. The second-order valence-corrected chi connectivity index (χ2v) is 8.71. The Morgan fingerprint density at radius 2 is 1.84 bits per heavy atom. The van der Waals surface area contributed by atoms with E-state index in [1.54, 1.807) is 0 Å². The number of ether oxygens (including phenoxy) is 2. The lowest BCUT2D eigenvalue weighted by Crippen LogP contribution is -2.54. The van der Waals surface area contributed by atoms with Crippen LogP contribution in [-0.4, -0.2) is 98.2 Å². The van der Waals surface area contributed by atoms with Crippen molar-refractivity contribution in [1.82, 2.24) is 20.0 Å². The molecule has 1 N–H and O–H groups in total. The highest BCUT2D eigenvalue weighted by atomic mass is 16.5. The Balaban J connectivity index is 1.30. The van der Waals surface area contributed by atoms with Crippen molar-refractivity contribution in [2.24, 2.45) is 4.99 Å². The molecule has 1 aliphatic carbocycles. The molecular formula is C24H37N5O3. The van der Waals surface area contributed by atoms with Gasteiger partial charge in [0.1, 0.15) is 5.75 Å². The third kappa shape index (κ3) is 6.13. The van der Waals surface area contributed by atoms with E-state index in [2.05, 4.69) is 40.2 Å². The van der Waals surface area contributed by atoms with E-state index >= 15 is 0 Å². The van der Waals surface area contributed by atoms with Crippen LogP contribution in [-0.2, 0) is 16.1 Å². The van der Waals surface area contributed by atoms with Crippen LogP contribution in [0.25, 0.3) is 0 Å². The monoisotopic (exact) mass is 443 g/mol. The lowest BCUT2D eigenvalue weighted by Gasteiger charge is -2.37. The Hall–Kier alpha value is -2.32. The Morgan fingerprint density at radius 3 is 2.53 bits per heavy atom. The number of guanidine groups is 1. The van der Waals surface area contributed by atoms with Crippen LogP contribution < -0.4 is 10.1 Å². The average molecular weight is 444 g/mol. The number of hydrogen-bond donors (Lipinski definition) is 1. The number of carbonyl (C=O) groups excluding carboxylic acids is 1. The summed E-state index contributed by atoms with van der Waals surface area (Å²) in [5, 5.41) is 3.44. The van der Waals surface area contributed by atoms with Crippen LogP contribution in [0.1, 0.15) is 31.7 Å². The summed E-state index contributed by atoms with van der Waals surface area (Å²) in [7, 11) is 0. The molecule has 4 rings (SSSR count). The smallest absolute Gasteiger partial charge is 0.236 e. The summed E-state index contributed by atoms with van der Waals surface area (Å²) in [6, 6.07) is 8.25. The van der Waals surface area contributed by atoms with Crippen LogP contribution in [0.15, 0.2) is 29.3 Å². The number of piperazine rings is 1. The van der Waals surface area contributed by atoms with E-state index in [0.717, 1.165) is 62.8 Å². The molecule has 0 spiro atoms. The summed E-state index contributed by atoms with van der Waals surface area (Å²) in [4.78, 5) is 23.9. The first-order valence-electron chi connectivity index (χ1n) is 12.1. The molecule has 1 aromatic rings. The highest BCUT2D eigenvalue weighted by Gasteiger charge is 2.24. The average Bonchev–Trinajstić information content (AvgIpc) is 2.81. The fourth-order valence-corrected chi connectivity index (χ4v) is 4.23. The molecule has 3 fully saturated rings. The largest absolute Gasteiger partial charge is 0.490 e. The van der Waals surface area contributed by atoms with Crippen molar-refractivity contribution in [2.45, 2.75) is 38.8 Å². The highest BCUT2D eigenvalue weighted by Crippen LogP contribution is 2.28. The van der Waals surface area contributed by atoms with Crippen LogP contribution in [0.2, 0.25) is 0 Å². The number of benzene rings is 1. The van der Waals surface area contributed by atoms with Gasteiger partial charge in [-0.1, -0.05) is 18.2 Å². The summed E-state index contributed by atoms with van der Waals surface area (Å²) in [6.45, 7) is 10.2. The summed E-state index contributed by atoms with van der Waals surface area (Å²) >= 11 is 0. The van der Waals surface area contributed by atoms with Gasteiger partial charge in [-0.2, -0.15) is 0 Å². The molecule has 1 aromatic carbocycles. The zero-order valence-corrected chi connectivity index (χ0v) is 19.3. The summed E-state index contributed by atoms with van der Waals surface area (Å²) < 4.78 is 11.5. The third-order valence-electron chi connectivity index (χ3n) is 6.45. The highest BCUT2D eigenvalue weighted by molar-refractivity contribution is 5.80. The molecule has 1 amide bonds. The van der Waals surface area contributed by atoms with Gasteiger partial charge in [-0.05, 0) is 32.3 Å². The number of para-hydroxylation sites is 1. The van der Waals surface area contributed by atoms with Gasteiger partial charge in [-0.3, -0.25) is 9.69 Å². The predicted octanol–water partition coefficient (Wildman–Crippen LogP) is 1.56. The predicted molar refractivity (Wildman–Crippen MR) is 125 cm³/mol. The van der Waals surface area contributed by atoms with Crippen LogP contribution in [0.4, 0.5) is 0 Å². The minimum atomic E-state index is 0.213. The number of nitrogens with one attached hydrogen (secondary N) is 1. The molecule has 0 radical (unpaired) electrons. The number of rotatable bonds is 7. The Morgan fingerprint density at radius 1 is 1.09 bits per heavy atom. The number of morpholine rings is 1. The number of amides is 1. The first-order valence-corrected chi connectivity index (χ1v) is 12.1. The van der Waals surface area contributed by atoms with Crippen molar-refractivity contribution in [3.63, 3.8) is 0 Å². The Labute approximate surface area is 191 Å². The van der Waals surface area contributed by atoms with Crippen LogP contribution in [0.5, 0.6) is 5.75 Å². The molecule has 8 nitrogen and oxygen atoms in total. The summed E-state index contributed by atoms with van der Waals surface area (Å²) in [5.41, 5.74) is 1.13. The molecule has 2 saturated heterocycles. The molecule has 0 aromatic heterocycles. The van der Waals surface area contributed by atoms with Crippen LogP contribution >= 0.6 is 0 Å². The van der Waals surface area contributed by atoms with E-state index in [0.29, 0.717) is 45.5 Å². The quantitative estimate of drug-likeness (QED) is 0.510. The molecule has 2 aliphatic heterocycles. The summed E-state index contributed by atoms with van der Waals surface area (Å²) in [5.74, 6) is 2.11. The topological polar surface area (TPSA) is 69.6 Å². The maximum Gasteiger partial charge on any atom is 0.236 e. The first-order chi connectivity index (χ1) is 15.7. The number of carbonyl (C=O) groups is 1. The number of aliphatic imine (C=N–C) groups is 1. The van der Waals surface area contributed by atoms with E-state index < -0.39 is 0 Å². The molecule has 2 heterocycles. The lowest BCUT2D eigenvalue weighted by molar-refractivity contribution is -0.136. The van der Waals surface area contributed by atoms with Gasteiger partial charge < -0.3 is 24.6 Å². The zero-order chi connectivity index (χ0) is 22.2. The van der Waals surface area contributed by atoms with Gasteiger partial charge in [0.2, 0.25) is 5.91 Å². The lowest BCUT2D eigenvalue weighted by atomic mass is 9.96. The molecule has 1 saturated carbocycles. The fraction of sp³-hybridized carbons (Fsp3) is 0.667. The molecule has 176 valence electrons. The van der Waals surface area contributed by atoms with Gasteiger partial charge in [0, 0.05) is 51.4 Å². The van der Waals surface area contributed by atoms with Crippen molar-refractivity contribution >= 4 is 11.9 Å². The van der Waals surface area contributed by atoms with E-state index in [4.69, 9.17) is 14.5 Å². The van der Waals surface area contributed by atoms with Gasteiger partial charge in [-0.15, -0.1) is 0 Å². The standard InChI is InChI=1S/C24H37N5O3/c1-2-25-24(26-18-20-6-3-4-9-22(20)32-21-7-5-8-21)29-12-10-27(11-13-29)19-23(30)28-14-16-31-17-15-28/h3-4,6,9,21H,2,5,7-8,10-19H2,1H3,(H,25,26). The Kier molecular flexibility index (Phi) is 8.23. The van der Waals surface area contributed by atoms with E-state index in [1.165, 1.54) is 6.42 Å². The van der Waals surface area contributed by atoms with Crippen molar-refractivity contribution in [3.8, 4) is 5.75 Å². The van der Waals surface area contributed by atoms with Gasteiger partial charge in [0.05, 0.1) is 32.4 Å². The molecule has 8 heteroatoms. The van der Waals surface area contributed by atoms with Crippen molar-refractivity contribution in [2.75, 3.05) is 65.6 Å². The van der Waals surface area contributed by atoms with Crippen LogP contribution in [0.3, 0.4) is 0 Å². The Bertz CT molecular complexity index is 769. The SMILES string of the molecule is CCNC(=NCc1ccccc1OC1CCC1)N1CCN(CC(=O)N2CCOCC2)CC1. The normalized spacial score (nSPS) is 20.7. The fourth-order valence-electron chi connectivity index (χ4n) is 4.23. The van der Waals surface area contributed by atoms with Crippen molar-refractivity contribution < 1.29 is 14.3 Å². The summed E-state index contributed by atoms with van der Waals surface area (Å²) in [6.07, 6.45) is 3.93.